The molecule has 5 heteroatoms. The first kappa shape index (κ1) is 8.65. The number of ether oxygens (including phenoxy) is 1. The SMILES string of the molecule is NC1CCC(OCc2ncon2)C1. The van der Waals surface area contributed by atoms with Crippen LogP contribution in [0.2, 0.25) is 0 Å². The van der Waals surface area contributed by atoms with E-state index in [-0.39, 0.29) is 6.10 Å². The molecule has 0 saturated heterocycles. The van der Waals surface area contributed by atoms with Gasteiger partial charge in [0.05, 0.1) is 6.10 Å². The van der Waals surface area contributed by atoms with Crippen molar-refractivity contribution in [1.82, 2.24) is 10.1 Å². The summed E-state index contributed by atoms with van der Waals surface area (Å²) in [7, 11) is 0. The number of nitrogens with two attached hydrogens (primary N) is 1. The number of aromatic nitrogens is 2. The van der Waals surface area contributed by atoms with Crippen LogP contribution in [0.25, 0.3) is 0 Å². The molecule has 1 fully saturated rings. The highest BCUT2D eigenvalue weighted by Crippen LogP contribution is 2.20. The first-order valence-corrected chi connectivity index (χ1v) is 4.47. The van der Waals surface area contributed by atoms with Crippen molar-refractivity contribution in [3.05, 3.63) is 12.2 Å². The molecule has 2 N–H and O–H groups in total. The van der Waals surface area contributed by atoms with Gasteiger partial charge in [0.15, 0.2) is 5.82 Å². The number of nitrogens with zero attached hydrogens (tertiary/aromatic N) is 2. The monoisotopic (exact) mass is 183 g/mol. The molecule has 13 heavy (non-hydrogen) atoms. The molecule has 0 radical (unpaired) electrons. The maximum absolute atomic E-state index is 5.74. The van der Waals surface area contributed by atoms with E-state index in [1.54, 1.807) is 0 Å². The molecule has 1 heterocycles. The fraction of sp³-hybridized carbons (Fsp3) is 0.750. The first-order valence-electron chi connectivity index (χ1n) is 4.47. The normalized spacial score (nSPS) is 28.1. The molecule has 0 aromatic carbocycles. The molecule has 2 unspecified atom stereocenters. The molecule has 1 aliphatic rings. The summed E-state index contributed by atoms with van der Waals surface area (Å²) in [5.74, 6) is 0.598. The van der Waals surface area contributed by atoms with Gasteiger partial charge in [0.1, 0.15) is 6.61 Å². The van der Waals surface area contributed by atoms with Gasteiger partial charge in [-0.15, -0.1) is 0 Å². The van der Waals surface area contributed by atoms with Crippen LogP contribution in [0.5, 0.6) is 0 Å². The third-order valence-electron chi connectivity index (χ3n) is 2.28. The molecule has 0 aliphatic heterocycles. The Bertz CT molecular complexity index is 250. The van der Waals surface area contributed by atoms with Gasteiger partial charge >= 0.3 is 0 Å². The van der Waals surface area contributed by atoms with E-state index in [0.29, 0.717) is 18.5 Å². The van der Waals surface area contributed by atoms with Crippen LogP contribution >= 0.6 is 0 Å². The van der Waals surface area contributed by atoms with Gasteiger partial charge < -0.3 is 15.0 Å². The van der Waals surface area contributed by atoms with Gasteiger partial charge in [0.25, 0.3) is 0 Å². The van der Waals surface area contributed by atoms with Crippen molar-refractivity contribution in [2.75, 3.05) is 0 Å². The molecule has 1 aliphatic carbocycles. The summed E-state index contributed by atoms with van der Waals surface area (Å²) in [6, 6.07) is 0.301. The summed E-state index contributed by atoms with van der Waals surface area (Å²) in [6.07, 6.45) is 4.61. The Morgan fingerprint density at radius 3 is 3.15 bits per heavy atom. The first-order chi connectivity index (χ1) is 6.34. The third kappa shape index (κ3) is 2.26. The molecule has 1 aromatic heterocycles. The van der Waals surface area contributed by atoms with Gasteiger partial charge in [0.2, 0.25) is 6.39 Å². The van der Waals surface area contributed by atoms with Crippen molar-refractivity contribution in [3.8, 4) is 0 Å². The van der Waals surface area contributed by atoms with E-state index >= 15 is 0 Å². The molecule has 72 valence electrons. The number of hydrogen-bond donors (Lipinski definition) is 1. The summed E-state index contributed by atoms with van der Waals surface area (Å²) in [6.45, 7) is 0.424. The largest absolute Gasteiger partial charge is 0.370 e. The average Bonchev–Trinajstić information content (AvgIpc) is 2.71. The minimum atomic E-state index is 0.272. The lowest BCUT2D eigenvalue weighted by Gasteiger charge is -2.08. The molecule has 2 atom stereocenters. The third-order valence-corrected chi connectivity index (χ3v) is 2.28. The summed E-state index contributed by atoms with van der Waals surface area (Å²) in [5.41, 5.74) is 5.74. The van der Waals surface area contributed by atoms with Crippen molar-refractivity contribution in [3.63, 3.8) is 0 Å². The van der Waals surface area contributed by atoms with Gasteiger partial charge in [-0.2, -0.15) is 4.98 Å². The maximum atomic E-state index is 5.74. The summed E-state index contributed by atoms with van der Waals surface area (Å²) in [5, 5.41) is 3.65. The second-order valence-electron chi connectivity index (χ2n) is 3.35. The van der Waals surface area contributed by atoms with E-state index < -0.39 is 0 Å². The van der Waals surface area contributed by atoms with Crippen LogP contribution in [-0.2, 0) is 11.3 Å². The zero-order valence-corrected chi connectivity index (χ0v) is 7.35. The predicted octanol–water partition coefficient (Wildman–Crippen LogP) is 0.466. The van der Waals surface area contributed by atoms with Crippen LogP contribution < -0.4 is 5.73 Å². The standard InChI is InChI=1S/C8H13N3O2/c9-6-1-2-7(3-6)12-4-8-10-5-13-11-8/h5-7H,1-4,9H2. The second kappa shape index (κ2) is 3.85. The van der Waals surface area contributed by atoms with E-state index in [4.69, 9.17) is 10.5 Å². The molecular weight excluding hydrogens is 170 g/mol. The van der Waals surface area contributed by atoms with E-state index in [1.807, 2.05) is 0 Å². The van der Waals surface area contributed by atoms with Crippen LogP contribution in [0, 0.1) is 0 Å². The minimum absolute atomic E-state index is 0.272. The highest BCUT2D eigenvalue weighted by Gasteiger charge is 2.22. The van der Waals surface area contributed by atoms with E-state index in [0.717, 1.165) is 19.3 Å². The van der Waals surface area contributed by atoms with E-state index in [9.17, 15) is 0 Å². The summed E-state index contributed by atoms with van der Waals surface area (Å²) >= 11 is 0. The summed E-state index contributed by atoms with van der Waals surface area (Å²) in [4.78, 5) is 3.86. The highest BCUT2D eigenvalue weighted by atomic mass is 16.5. The van der Waals surface area contributed by atoms with Gasteiger partial charge in [0, 0.05) is 6.04 Å². The van der Waals surface area contributed by atoms with Crippen molar-refractivity contribution < 1.29 is 9.26 Å². The van der Waals surface area contributed by atoms with E-state index in [1.165, 1.54) is 6.39 Å². The van der Waals surface area contributed by atoms with Crippen molar-refractivity contribution >= 4 is 0 Å². The number of rotatable bonds is 3. The lowest BCUT2D eigenvalue weighted by Crippen LogP contribution is -2.17. The van der Waals surface area contributed by atoms with E-state index in [2.05, 4.69) is 14.7 Å². The van der Waals surface area contributed by atoms with Gasteiger partial charge in [-0.1, -0.05) is 5.16 Å². The molecule has 1 aromatic rings. The predicted molar refractivity (Wildman–Crippen MR) is 44.7 cm³/mol. The zero-order valence-electron chi connectivity index (χ0n) is 7.35. The topological polar surface area (TPSA) is 74.2 Å². The average molecular weight is 183 g/mol. The fourth-order valence-corrected chi connectivity index (χ4v) is 1.57. The van der Waals surface area contributed by atoms with Crippen LogP contribution in [0.3, 0.4) is 0 Å². The van der Waals surface area contributed by atoms with Gasteiger partial charge in [-0.25, -0.2) is 0 Å². The Kier molecular flexibility index (Phi) is 2.56. The smallest absolute Gasteiger partial charge is 0.213 e. The van der Waals surface area contributed by atoms with Crippen LogP contribution in [0.4, 0.5) is 0 Å². The van der Waals surface area contributed by atoms with Gasteiger partial charge in [-0.05, 0) is 19.3 Å². The lowest BCUT2D eigenvalue weighted by molar-refractivity contribution is 0.0399. The Balaban J connectivity index is 1.74. The fourth-order valence-electron chi connectivity index (χ4n) is 1.57. The Morgan fingerprint density at radius 1 is 1.62 bits per heavy atom. The quantitative estimate of drug-likeness (QED) is 0.737. The zero-order chi connectivity index (χ0) is 9.10. The molecule has 0 spiro atoms. The van der Waals surface area contributed by atoms with Gasteiger partial charge in [-0.3, -0.25) is 0 Å². The number of hydrogen-bond acceptors (Lipinski definition) is 5. The second-order valence-corrected chi connectivity index (χ2v) is 3.35. The van der Waals surface area contributed by atoms with Crippen LogP contribution in [0.15, 0.2) is 10.9 Å². The molecule has 0 bridgehead atoms. The maximum Gasteiger partial charge on any atom is 0.213 e. The van der Waals surface area contributed by atoms with Crippen molar-refractivity contribution in [1.29, 1.82) is 0 Å². The van der Waals surface area contributed by atoms with Crippen LogP contribution in [-0.4, -0.2) is 22.3 Å². The molecule has 2 rings (SSSR count). The minimum Gasteiger partial charge on any atom is -0.370 e. The molecular formula is C8H13N3O2. The van der Waals surface area contributed by atoms with Crippen molar-refractivity contribution in [2.24, 2.45) is 5.73 Å². The summed E-state index contributed by atoms with van der Waals surface area (Å²) < 4.78 is 10.1. The van der Waals surface area contributed by atoms with Crippen molar-refractivity contribution in [2.45, 2.75) is 38.0 Å². The molecule has 5 nitrogen and oxygen atoms in total. The molecule has 0 amide bonds. The Labute approximate surface area is 76.3 Å². The Hall–Kier alpha value is -0.940. The van der Waals surface area contributed by atoms with Crippen LogP contribution in [0.1, 0.15) is 25.1 Å². The lowest BCUT2D eigenvalue weighted by atomic mass is 10.3. The highest BCUT2D eigenvalue weighted by molar-refractivity contribution is 4.80. The molecule has 1 saturated carbocycles. The Morgan fingerprint density at radius 2 is 2.54 bits per heavy atom.